The molecule has 3 aromatic heterocycles. The van der Waals surface area contributed by atoms with E-state index < -0.39 is 16.7 Å². The van der Waals surface area contributed by atoms with Gasteiger partial charge in [0.25, 0.3) is 11.8 Å². The molecule has 0 aliphatic heterocycles. The number of nitrogens with one attached hydrogen (secondary N) is 1. The van der Waals surface area contributed by atoms with Crippen molar-refractivity contribution < 1.29 is 18.6 Å². The van der Waals surface area contributed by atoms with Crippen LogP contribution in [0.15, 0.2) is 33.2 Å². The van der Waals surface area contributed by atoms with E-state index in [4.69, 9.17) is 8.83 Å². The van der Waals surface area contributed by atoms with Crippen molar-refractivity contribution in [2.45, 2.75) is 19.9 Å². The van der Waals surface area contributed by atoms with Crippen molar-refractivity contribution in [3.05, 3.63) is 40.3 Å². The van der Waals surface area contributed by atoms with E-state index in [0.29, 0.717) is 5.69 Å². The number of carbonyl (C=O) groups is 1. The van der Waals surface area contributed by atoms with Crippen LogP contribution in [0.3, 0.4) is 0 Å². The number of carbonyl (C=O) groups excluding carboxylic acids is 1. The Bertz CT molecular complexity index is 892. The van der Waals surface area contributed by atoms with Gasteiger partial charge in [-0.15, -0.1) is 5.10 Å². The van der Waals surface area contributed by atoms with Crippen molar-refractivity contribution in [3.8, 4) is 11.6 Å². The molecule has 11 nitrogen and oxygen atoms in total. The van der Waals surface area contributed by atoms with Crippen LogP contribution in [0.5, 0.6) is 0 Å². The van der Waals surface area contributed by atoms with Gasteiger partial charge < -0.3 is 8.83 Å². The van der Waals surface area contributed by atoms with Gasteiger partial charge in [0.15, 0.2) is 5.76 Å². The largest absolute Gasteiger partial charge is 0.433 e. The average molecular weight is 332 g/mol. The van der Waals surface area contributed by atoms with E-state index in [-0.39, 0.29) is 23.7 Å². The Balaban J connectivity index is 1.77. The van der Waals surface area contributed by atoms with Gasteiger partial charge in [-0.3, -0.25) is 24.9 Å². The van der Waals surface area contributed by atoms with Crippen LogP contribution in [0, 0.1) is 10.1 Å². The molecule has 3 heterocycles. The predicted octanol–water partition coefficient (Wildman–Crippen LogP) is 2.27. The third-order valence-corrected chi connectivity index (χ3v) is 3.02. The zero-order valence-electron chi connectivity index (χ0n) is 12.7. The Labute approximate surface area is 134 Å². The zero-order chi connectivity index (χ0) is 17.3. The molecule has 1 amide bonds. The number of furan rings is 1. The normalized spacial score (nSPS) is 11.0. The van der Waals surface area contributed by atoms with E-state index in [1.807, 2.05) is 13.8 Å². The lowest BCUT2D eigenvalue weighted by atomic mass is 10.3. The molecule has 0 spiro atoms. The summed E-state index contributed by atoms with van der Waals surface area (Å²) >= 11 is 0. The van der Waals surface area contributed by atoms with E-state index in [0.717, 1.165) is 6.07 Å². The summed E-state index contributed by atoms with van der Waals surface area (Å²) in [5.41, 5.74) is 0.603. The molecule has 3 aromatic rings. The first-order chi connectivity index (χ1) is 11.5. The molecule has 0 atom stereocenters. The second kappa shape index (κ2) is 5.95. The van der Waals surface area contributed by atoms with Crippen LogP contribution in [0.25, 0.3) is 11.6 Å². The Morgan fingerprint density at radius 2 is 2.08 bits per heavy atom. The second-order valence-electron chi connectivity index (χ2n) is 5.02. The molecular formula is C13H12N6O5. The van der Waals surface area contributed by atoms with Crippen LogP contribution in [0.2, 0.25) is 0 Å². The van der Waals surface area contributed by atoms with Crippen molar-refractivity contribution in [2.75, 3.05) is 5.32 Å². The van der Waals surface area contributed by atoms with Gasteiger partial charge in [-0.05, 0) is 26.0 Å². The summed E-state index contributed by atoms with van der Waals surface area (Å²) in [4.78, 5) is 21.8. The molecule has 1 N–H and O–H groups in total. The van der Waals surface area contributed by atoms with Gasteiger partial charge in [0, 0.05) is 12.2 Å². The first-order valence-corrected chi connectivity index (χ1v) is 6.88. The summed E-state index contributed by atoms with van der Waals surface area (Å²) in [7, 11) is 0. The summed E-state index contributed by atoms with van der Waals surface area (Å²) in [6.07, 6.45) is 1.60. The van der Waals surface area contributed by atoms with Crippen molar-refractivity contribution in [3.63, 3.8) is 0 Å². The maximum atomic E-state index is 11.9. The molecule has 0 radical (unpaired) electrons. The number of rotatable bonds is 5. The number of anilines is 1. The number of hydrogen-bond acceptors (Lipinski definition) is 8. The minimum atomic E-state index is -0.741. The fraction of sp³-hybridized carbons (Fsp3) is 0.231. The minimum absolute atomic E-state index is 0.0867. The van der Waals surface area contributed by atoms with Crippen LogP contribution in [0.4, 0.5) is 11.9 Å². The quantitative estimate of drug-likeness (QED) is 0.553. The van der Waals surface area contributed by atoms with Crippen LogP contribution in [0.1, 0.15) is 30.4 Å². The fourth-order valence-corrected chi connectivity index (χ4v) is 1.98. The Kier molecular flexibility index (Phi) is 3.82. The molecule has 0 aliphatic rings. The summed E-state index contributed by atoms with van der Waals surface area (Å²) in [5.74, 6) is -1.33. The van der Waals surface area contributed by atoms with Crippen LogP contribution >= 0.6 is 0 Å². The number of nitro groups is 1. The lowest BCUT2D eigenvalue weighted by molar-refractivity contribution is -0.402. The maximum absolute atomic E-state index is 11.9. The van der Waals surface area contributed by atoms with E-state index in [1.54, 1.807) is 16.9 Å². The minimum Gasteiger partial charge on any atom is -0.401 e. The van der Waals surface area contributed by atoms with E-state index in [2.05, 4.69) is 20.6 Å². The molecule has 11 heteroatoms. The highest BCUT2D eigenvalue weighted by molar-refractivity contribution is 6.01. The Morgan fingerprint density at radius 3 is 2.75 bits per heavy atom. The van der Waals surface area contributed by atoms with Gasteiger partial charge in [-0.1, -0.05) is 5.10 Å². The molecule has 0 saturated carbocycles. The predicted molar refractivity (Wildman–Crippen MR) is 79.2 cm³/mol. The van der Waals surface area contributed by atoms with Crippen LogP contribution in [-0.4, -0.2) is 30.8 Å². The lowest BCUT2D eigenvalue weighted by Gasteiger charge is -2.07. The van der Waals surface area contributed by atoms with Crippen LogP contribution in [-0.2, 0) is 0 Å². The van der Waals surface area contributed by atoms with Gasteiger partial charge in [0.1, 0.15) is 10.6 Å². The summed E-state index contributed by atoms with van der Waals surface area (Å²) < 4.78 is 11.9. The van der Waals surface area contributed by atoms with Gasteiger partial charge in [0.05, 0.1) is 6.07 Å². The Morgan fingerprint density at radius 1 is 1.29 bits per heavy atom. The highest BCUT2D eigenvalue weighted by Gasteiger charge is 2.20. The monoisotopic (exact) mass is 332 g/mol. The average Bonchev–Trinajstić information content (AvgIpc) is 3.26. The molecule has 0 aromatic carbocycles. The zero-order valence-corrected chi connectivity index (χ0v) is 12.7. The molecule has 0 aliphatic carbocycles. The number of hydrogen-bond donors (Lipinski definition) is 1. The van der Waals surface area contributed by atoms with Crippen molar-refractivity contribution >= 4 is 17.8 Å². The first kappa shape index (κ1) is 15.4. The topological polar surface area (TPSA) is 142 Å². The third-order valence-electron chi connectivity index (χ3n) is 3.02. The lowest BCUT2D eigenvalue weighted by Crippen LogP contribution is -2.11. The van der Waals surface area contributed by atoms with E-state index in [9.17, 15) is 14.9 Å². The standard InChI is InChI=1S/C13H12N6O5/c1-7(2)18-8(5-6-14-18)12-16-17-13(24-12)15-11(20)9-3-4-10(23-9)19(21)22/h3-7H,1-2H3,(H,15,17,20). The second-order valence-corrected chi connectivity index (χ2v) is 5.02. The first-order valence-electron chi connectivity index (χ1n) is 6.88. The smallest absolute Gasteiger partial charge is 0.401 e. The third kappa shape index (κ3) is 2.86. The maximum Gasteiger partial charge on any atom is 0.433 e. The van der Waals surface area contributed by atoms with E-state index in [1.165, 1.54) is 6.07 Å². The Hall–Kier alpha value is -3.50. The van der Waals surface area contributed by atoms with Gasteiger partial charge >= 0.3 is 11.9 Å². The van der Waals surface area contributed by atoms with Crippen molar-refractivity contribution in [1.82, 2.24) is 20.0 Å². The molecule has 0 saturated heterocycles. The van der Waals surface area contributed by atoms with Gasteiger partial charge in [0.2, 0.25) is 0 Å². The highest BCUT2D eigenvalue weighted by Crippen LogP contribution is 2.23. The number of nitrogens with zero attached hydrogens (tertiary/aromatic N) is 5. The number of aromatic nitrogens is 4. The summed E-state index contributed by atoms with van der Waals surface area (Å²) in [5, 5.41) is 24.6. The SMILES string of the molecule is CC(C)n1nccc1-c1nnc(NC(=O)c2ccc([N+](=O)[O-])o2)o1. The van der Waals surface area contributed by atoms with Crippen LogP contribution < -0.4 is 5.32 Å². The van der Waals surface area contributed by atoms with Crippen molar-refractivity contribution in [2.24, 2.45) is 0 Å². The molecule has 124 valence electrons. The molecule has 0 bridgehead atoms. The van der Waals surface area contributed by atoms with Gasteiger partial charge in [-0.25, -0.2) is 0 Å². The number of amides is 1. The molecule has 3 rings (SSSR count). The fourth-order valence-electron chi connectivity index (χ4n) is 1.98. The van der Waals surface area contributed by atoms with E-state index >= 15 is 0 Å². The summed E-state index contributed by atoms with van der Waals surface area (Å²) in [6, 6.07) is 3.89. The highest BCUT2D eigenvalue weighted by atomic mass is 16.6. The summed E-state index contributed by atoms with van der Waals surface area (Å²) in [6.45, 7) is 3.89. The molecule has 0 unspecified atom stereocenters. The molecular weight excluding hydrogens is 320 g/mol. The van der Waals surface area contributed by atoms with Crippen molar-refractivity contribution in [1.29, 1.82) is 0 Å². The molecule has 0 fully saturated rings. The molecule has 24 heavy (non-hydrogen) atoms. The van der Waals surface area contributed by atoms with Gasteiger partial charge in [-0.2, -0.15) is 5.10 Å².